The van der Waals surface area contributed by atoms with Gasteiger partial charge in [-0.2, -0.15) is 0 Å². The normalized spacial score (nSPS) is 20.1. The molecule has 1 N–H and O–H groups in total. The molecule has 0 spiro atoms. The fraction of sp³-hybridized carbons (Fsp3) is 0.579. The summed E-state index contributed by atoms with van der Waals surface area (Å²) in [5.41, 5.74) is 0.835. The zero-order valence-corrected chi connectivity index (χ0v) is 19.2. The molecule has 1 atom stereocenters. The molecule has 1 amide bonds. The molecule has 0 aliphatic carbocycles. The second kappa shape index (κ2) is 12.2. The van der Waals surface area contributed by atoms with E-state index >= 15 is 0 Å². The number of amides is 1. The molecule has 2 aliphatic heterocycles. The van der Waals surface area contributed by atoms with Crippen molar-refractivity contribution in [1.82, 2.24) is 14.7 Å². The van der Waals surface area contributed by atoms with E-state index in [2.05, 4.69) is 4.90 Å². The largest absolute Gasteiger partial charge is 0.480 e. The van der Waals surface area contributed by atoms with E-state index in [1.165, 1.54) is 12.8 Å². The first kappa shape index (κ1) is 26.3. The van der Waals surface area contributed by atoms with Crippen molar-refractivity contribution in [2.24, 2.45) is 0 Å². The van der Waals surface area contributed by atoms with Crippen LogP contribution >= 0.6 is 48.0 Å². The Labute approximate surface area is 193 Å². The number of hydrogen-bond acceptors (Lipinski definition) is 4. The fourth-order valence-electron chi connectivity index (χ4n) is 3.93. The summed E-state index contributed by atoms with van der Waals surface area (Å²) in [5, 5.41) is 10.0. The summed E-state index contributed by atoms with van der Waals surface area (Å²) in [6.07, 6.45) is 2.64. The first-order valence-electron chi connectivity index (χ1n) is 9.32. The van der Waals surface area contributed by atoms with Crippen LogP contribution in [0.25, 0.3) is 0 Å². The molecule has 3 rings (SSSR count). The lowest BCUT2D eigenvalue weighted by Crippen LogP contribution is -2.59. The summed E-state index contributed by atoms with van der Waals surface area (Å²) in [4.78, 5) is 30.3. The van der Waals surface area contributed by atoms with Crippen LogP contribution in [0.5, 0.6) is 0 Å². The zero-order valence-electron chi connectivity index (χ0n) is 16.1. The van der Waals surface area contributed by atoms with Gasteiger partial charge in [-0.15, -0.1) is 24.8 Å². The summed E-state index contributed by atoms with van der Waals surface area (Å²) in [6.45, 7) is 4.63. The highest BCUT2D eigenvalue weighted by Crippen LogP contribution is 2.23. The highest BCUT2D eigenvalue weighted by atomic mass is 35.5. The van der Waals surface area contributed by atoms with E-state index in [4.69, 9.17) is 28.3 Å². The number of halogens is 4. The van der Waals surface area contributed by atoms with Crippen molar-refractivity contribution < 1.29 is 14.7 Å². The SMILES string of the molecule is Cl.Cl.O=C(O)CN1CCN(C(=O)Cc2ccc(Cl)c(Cl)c2)C(CN2CCCC2)C1. The Morgan fingerprint density at radius 2 is 1.69 bits per heavy atom. The van der Waals surface area contributed by atoms with Gasteiger partial charge in [0.05, 0.1) is 29.1 Å². The van der Waals surface area contributed by atoms with Crippen LogP contribution in [0.15, 0.2) is 18.2 Å². The van der Waals surface area contributed by atoms with E-state index in [9.17, 15) is 9.59 Å². The maximum absolute atomic E-state index is 13.0. The number of rotatable bonds is 6. The number of hydrogen-bond donors (Lipinski definition) is 1. The summed E-state index contributed by atoms with van der Waals surface area (Å²) >= 11 is 12.0. The van der Waals surface area contributed by atoms with Crippen LogP contribution in [0.3, 0.4) is 0 Å². The number of carbonyl (C=O) groups is 2. The van der Waals surface area contributed by atoms with E-state index in [0.717, 1.165) is 25.2 Å². The Balaban J connectivity index is 0.00000210. The summed E-state index contributed by atoms with van der Waals surface area (Å²) in [7, 11) is 0. The molecule has 0 bridgehead atoms. The lowest BCUT2D eigenvalue weighted by atomic mass is 10.1. The molecular weight excluding hydrogens is 460 g/mol. The Morgan fingerprint density at radius 1 is 1.00 bits per heavy atom. The Kier molecular flexibility index (Phi) is 11.0. The number of piperazine rings is 1. The van der Waals surface area contributed by atoms with Crippen molar-refractivity contribution in [2.45, 2.75) is 25.3 Å². The highest BCUT2D eigenvalue weighted by molar-refractivity contribution is 6.42. The lowest BCUT2D eigenvalue weighted by Gasteiger charge is -2.42. The van der Waals surface area contributed by atoms with Gasteiger partial charge in [0.25, 0.3) is 0 Å². The van der Waals surface area contributed by atoms with Crippen molar-refractivity contribution >= 4 is 59.9 Å². The molecule has 2 fully saturated rings. The molecule has 2 saturated heterocycles. The predicted octanol–water partition coefficient (Wildman–Crippen LogP) is 3.07. The number of carbonyl (C=O) groups excluding carboxylic acids is 1. The van der Waals surface area contributed by atoms with Crippen molar-refractivity contribution in [2.75, 3.05) is 45.8 Å². The van der Waals surface area contributed by atoms with Crippen LogP contribution in [-0.4, -0.2) is 83.5 Å². The Hall–Kier alpha value is -0.760. The smallest absolute Gasteiger partial charge is 0.317 e. The number of carboxylic acids is 1. The lowest BCUT2D eigenvalue weighted by molar-refractivity contribution is -0.141. The summed E-state index contributed by atoms with van der Waals surface area (Å²) < 4.78 is 0. The van der Waals surface area contributed by atoms with Crippen LogP contribution in [0.4, 0.5) is 0 Å². The Morgan fingerprint density at radius 3 is 2.31 bits per heavy atom. The molecule has 0 saturated carbocycles. The molecule has 6 nitrogen and oxygen atoms in total. The van der Waals surface area contributed by atoms with Gasteiger partial charge in [0.2, 0.25) is 5.91 Å². The van der Waals surface area contributed by atoms with E-state index in [0.29, 0.717) is 29.7 Å². The number of benzene rings is 1. The topological polar surface area (TPSA) is 64.1 Å². The van der Waals surface area contributed by atoms with Crippen LogP contribution < -0.4 is 0 Å². The Bertz CT molecular complexity index is 701. The standard InChI is InChI=1S/C19H25Cl2N3O3.2ClH/c20-16-4-3-14(9-17(16)21)10-18(25)24-8-7-23(13-19(26)27)12-15(24)11-22-5-1-2-6-22;;/h3-4,9,15H,1-2,5-8,10-13H2,(H,26,27);2*1H. The van der Waals surface area contributed by atoms with E-state index in [-0.39, 0.29) is 49.7 Å². The van der Waals surface area contributed by atoms with E-state index in [1.54, 1.807) is 12.1 Å². The zero-order chi connectivity index (χ0) is 19.4. The monoisotopic (exact) mass is 485 g/mol. The molecule has 29 heavy (non-hydrogen) atoms. The molecule has 2 aliphatic rings. The van der Waals surface area contributed by atoms with Crippen molar-refractivity contribution in [3.63, 3.8) is 0 Å². The minimum absolute atomic E-state index is 0. The minimum Gasteiger partial charge on any atom is -0.480 e. The third kappa shape index (κ3) is 7.46. The van der Waals surface area contributed by atoms with Gasteiger partial charge in [0.1, 0.15) is 0 Å². The van der Waals surface area contributed by atoms with Crippen molar-refractivity contribution in [1.29, 1.82) is 0 Å². The second-order valence-electron chi connectivity index (χ2n) is 7.30. The van der Waals surface area contributed by atoms with Crippen molar-refractivity contribution in [3.8, 4) is 0 Å². The van der Waals surface area contributed by atoms with Gasteiger partial charge >= 0.3 is 5.97 Å². The summed E-state index contributed by atoms with van der Waals surface area (Å²) in [5.74, 6) is -0.780. The molecular formula is C19H27Cl4N3O3. The van der Waals surface area contributed by atoms with Gasteiger partial charge < -0.3 is 14.9 Å². The number of carboxylic acid groups (broad SMARTS) is 1. The first-order valence-corrected chi connectivity index (χ1v) is 10.1. The maximum Gasteiger partial charge on any atom is 0.317 e. The molecule has 10 heteroatoms. The van der Waals surface area contributed by atoms with E-state index in [1.807, 2.05) is 15.9 Å². The minimum atomic E-state index is -0.828. The molecule has 1 aromatic carbocycles. The van der Waals surface area contributed by atoms with Crippen molar-refractivity contribution in [3.05, 3.63) is 33.8 Å². The molecule has 0 radical (unpaired) electrons. The van der Waals surface area contributed by atoms with Gasteiger partial charge in [-0.1, -0.05) is 29.3 Å². The molecule has 1 unspecified atom stereocenters. The van der Waals surface area contributed by atoms with Crippen LogP contribution in [-0.2, 0) is 16.0 Å². The average molecular weight is 487 g/mol. The fourth-order valence-corrected chi connectivity index (χ4v) is 4.25. The number of likely N-dealkylation sites (tertiary alicyclic amines) is 1. The molecule has 164 valence electrons. The van der Waals surface area contributed by atoms with Gasteiger partial charge in [-0.25, -0.2) is 0 Å². The highest BCUT2D eigenvalue weighted by Gasteiger charge is 2.32. The van der Waals surface area contributed by atoms with Crippen LogP contribution in [0.1, 0.15) is 18.4 Å². The quantitative estimate of drug-likeness (QED) is 0.669. The van der Waals surface area contributed by atoms with Gasteiger partial charge in [-0.05, 0) is 43.6 Å². The number of aliphatic carboxylic acids is 1. The molecule has 0 aromatic heterocycles. The summed E-state index contributed by atoms with van der Waals surface area (Å²) in [6, 6.07) is 5.27. The first-order chi connectivity index (χ1) is 12.9. The average Bonchev–Trinajstić information content (AvgIpc) is 3.11. The van der Waals surface area contributed by atoms with Gasteiger partial charge in [0.15, 0.2) is 0 Å². The maximum atomic E-state index is 13.0. The van der Waals surface area contributed by atoms with Crippen LogP contribution in [0, 0.1) is 0 Å². The van der Waals surface area contributed by atoms with Gasteiger partial charge in [-0.3, -0.25) is 14.5 Å². The molecule has 1 aromatic rings. The van der Waals surface area contributed by atoms with Crippen LogP contribution in [0.2, 0.25) is 10.0 Å². The predicted molar refractivity (Wildman–Crippen MR) is 120 cm³/mol. The number of nitrogens with zero attached hydrogens (tertiary/aromatic N) is 3. The van der Waals surface area contributed by atoms with Gasteiger partial charge in [0, 0.05) is 26.2 Å². The van der Waals surface area contributed by atoms with E-state index < -0.39 is 5.97 Å². The molecule has 2 heterocycles. The third-order valence-corrected chi connectivity index (χ3v) is 5.99. The second-order valence-corrected chi connectivity index (χ2v) is 8.12. The third-order valence-electron chi connectivity index (χ3n) is 5.25.